The fourth-order valence-corrected chi connectivity index (χ4v) is 3.73. The van der Waals surface area contributed by atoms with Crippen molar-refractivity contribution in [3.8, 4) is 0 Å². The lowest BCUT2D eigenvalue weighted by molar-refractivity contribution is 0.239. The second-order valence-corrected chi connectivity index (χ2v) is 9.14. The van der Waals surface area contributed by atoms with Crippen LogP contribution in [0.1, 0.15) is 71.8 Å². The fourth-order valence-electron chi connectivity index (χ4n) is 3.61. The number of hydrogen-bond acceptors (Lipinski definition) is 1. The van der Waals surface area contributed by atoms with E-state index in [1.165, 1.54) is 63.7 Å². The van der Waals surface area contributed by atoms with Gasteiger partial charge in [0.15, 0.2) is 0 Å². The Morgan fingerprint density at radius 3 is 2.13 bits per heavy atom. The van der Waals surface area contributed by atoms with E-state index in [-0.39, 0.29) is 5.41 Å². The molecule has 0 unspecified atom stereocenters. The van der Waals surface area contributed by atoms with Gasteiger partial charge in [0.2, 0.25) is 0 Å². The van der Waals surface area contributed by atoms with Crippen molar-refractivity contribution in [2.24, 2.45) is 5.41 Å². The molecule has 1 aliphatic rings. The van der Waals surface area contributed by atoms with Crippen molar-refractivity contribution in [2.75, 3.05) is 19.6 Å². The van der Waals surface area contributed by atoms with E-state index in [4.69, 9.17) is 11.6 Å². The lowest BCUT2D eigenvalue weighted by Crippen LogP contribution is -2.24. The van der Waals surface area contributed by atoms with Crippen molar-refractivity contribution in [1.82, 2.24) is 4.90 Å². The maximum Gasteiger partial charge on any atom is 0.0406 e. The van der Waals surface area contributed by atoms with Gasteiger partial charge in [0, 0.05) is 5.02 Å². The van der Waals surface area contributed by atoms with Crippen molar-refractivity contribution in [3.05, 3.63) is 34.9 Å². The number of hydrogen-bond donors (Lipinski definition) is 0. The molecule has 2 rings (SSSR count). The minimum atomic E-state index is 0.219. The predicted octanol–water partition coefficient (Wildman–Crippen LogP) is 6.30. The monoisotopic (exact) mass is 335 g/mol. The first-order valence-corrected chi connectivity index (χ1v) is 9.65. The van der Waals surface area contributed by atoms with Crippen molar-refractivity contribution >= 4 is 11.6 Å². The lowest BCUT2D eigenvalue weighted by atomic mass is 9.74. The molecule has 1 nitrogen and oxygen atoms in total. The second-order valence-electron chi connectivity index (χ2n) is 8.71. The molecule has 0 aromatic heterocycles. The van der Waals surface area contributed by atoms with Gasteiger partial charge < -0.3 is 4.90 Å². The maximum atomic E-state index is 6.02. The largest absolute Gasteiger partial charge is 0.303 e. The molecule has 1 aliphatic heterocycles. The van der Waals surface area contributed by atoms with E-state index in [1.807, 2.05) is 12.1 Å². The molecule has 23 heavy (non-hydrogen) atoms. The molecule has 1 heterocycles. The van der Waals surface area contributed by atoms with Gasteiger partial charge in [0.1, 0.15) is 0 Å². The van der Waals surface area contributed by atoms with Gasteiger partial charge in [0.25, 0.3) is 0 Å². The Balaban J connectivity index is 1.78. The first-order chi connectivity index (χ1) is 10.8. The van der Waals surface area contributed by atoms with Crippen LogP contribution in [0.3, 0.4) is 0 Å². The highest BCUT2D eigenvalue weighted by Crippen LogP contribution is 2.36. The van der Waals surface area contributed by atoms with E-state index in [1.54, 1.807) is 0 Å². The summed E-state index contributed by atoms with van der Waals surface area (Å²) in [4.78, 5) is 2.63. The smallest absolute Gasteiger partial charge is 0.0406 e. The second kappa shape index (κ2) is 8.03. The molecule has 0 radical (unpaired) electrons. The van der Waals surface area contributed by atoms with Crippen molar-refractivity contribution < 1.29 is 0 Å². The third-order valence-electron chi connectivity index (χ3n) is 5.58. The molecule has 0 aliphatic carbocycles. The molecule has 0 amide bonds. The van der Waals surface area contributed by atoms with Crippen LogP contribution in [0.2, 0.25) is 5.02 Å². The van der Waals surface area contributed by atoms with Crippen molar-refractivity contribution in [1.29, 1.82) is 0 Å². The number of nitrogens with zero attached hydrogens (tertiary/aromatic N) is 1. The lowest BCUT2D eigenvalue weighted by Gasteiger charge is -2.32. The third kappa shape index (κ3) is 6.12. The van der Waals surface area contributed by atoms with Gasteiger partial charge in [-0.3, -0.25) is 0 Å². The molecule has 1 aromatic rings. The number of benzene rings is 1. The van der Waals surface area contributed by atoms with Gasteiger partial charge >= 0.3 is 0 Å². The molecule has 1 aromatic carbocycles. The van der Waals surface area contributed by atoms with Crippen LogP contribution >= 0.6 is 11.6 Å². The molecule has 0 bridgehead atoms. The Hall–Kier alpha value is -0.530. The van der Waals surface area contributed by atoms with Crippen molar-refractivity contribution in [3.63, 3.8) is 0 Å². The summed E-state index contributed by atoms with van der Waals surface area (Å²) in [5.41, 5.74) is 2.05. The van der Waals surface area contributed by atoms with E-state index in [0.717, 1.165) is 5.02 Å². The number of rotatable bonds is 8. The number of likely N-dealkylation sites (tertiary alicyclic amines) is 1. The Kier molecular flexibility index (Phi) is 6.57. The van der Waals surface area contributed by atoms with E-state index >= 15 is 0 Å². The summed E-state index contributed by atoms with van der Waals surface area (Å²) in [5.74, 6) is 0. The highest BCUT2D eigenvalue weighted by atomic mass is 35.5. The Morgan fingerprint density at radius 2 is 1.52 bits per heavy atom. The van der Waals surface area contributed by atoms with E-state index < -0.39 is 0 Å². The molecule has 130 valence electrons. The topological polar surface area (TPSA) is 3.24 Å². The van der Waals surface area contributed by atoms with Crippen molar-refractivity contribution in [2.45, 2.75) is 71.6 Å². The van der Waals surface area contributed by atoms with Crippen LogP contribution in [0.4, 0.5) is 0 Å². The standard InChI is InChI=1S/C21H34ClN/c1-20(2,12-7-17-23-15-5-6-16-23)13-14-21(3,4)18-8-10-19(22)11-9-18/h8-11H,5-7,12-17H2,1-4H3. The Labute approximate surface area is 148 Å². The average Bonchev–Trinajstić information content (AvgIpc) is 2.99. The third-order valence-corrected chi connectivity index (χ3v) is 5.83. The summed E-state index contributed by atoms with van der Waals surface area (Å²) >= 11 is 6.02. The maximum absolute atomic E-state index is 6.02. The number of halogens is 1. The minimum absolute atomic E-state index is 0.219. The van der Waals surface area contributed by atoms with Gasteiger partial charge in [-0.25, -0.2) is 0 Å². The molecule has 0 saturated carbocycles. The zero-order valence-corrected chi connectivity index (χ0v) is 16.3. The molecule has 0 atom stereocenters. The van der Waals surface area contributed by atoms with Gasteiger partial charge in [-0.15, -0.1) is 0 Å². The van der Waals surface area contributed by atoms with Gasteiger partial charge in [-0.1, -0.05) is 51.4 Å². The molecular formula is C21H34ClN. The zero-order valence-electron chi connectivity index (χ0n) is 15.5. The van der Waals surface area contributed by atoms with Gasteiger partial charge in [-0.2, -0.15) is 0 Å². The molecule has 1 saturated heterocycles. The first-order valence-electron chi connectivity index (χ1n) is 9.27. The normalized spacial score (nSPS) is 16.9. The van der Waals surface area contributed by atoms with E-state index in [0.29, 0.717) is 5.41 Å². The summed E-state index contributed by atoms with van der Waals surface area (Å²) in [5, 5.41) is 0.826. The van der Waals surface area contributed by atoms with Crippen LogP contribution in [0, 0.1) is 5.41 Å². The Morgan fingerprint density at radius 1 is 0.913 bits per heavy atom. The highest BCUT2D eigenvalue weighted by molar-refractivity contribution is 6.30. The summed E-state index contributed by atoms with van der Waals surface area (Å²) in [6.45, 7) is 13.5. The minimum Gasteiger partial charge on any atom is -0.303 e. The SMILES string of the molecule is CC(C)(CCCN1CCCC1)CCC(C)(C)c1ccc(Cl)cc1. The molecule has 2 heteroatoms. The fraction of sp³-hybridized carbons (Fsp3) is 0.714. The summed E-state index contributed by atoms with van der Waals surface area (Å²) < 4.78 is 0. The van der Waals surface area contributed by atoms with E-state index in [2.05, 4.69) is 44.7 Å². The van der Waals surface area contributed by atoms with Gasteiger partial charge in [0.05, 0.1) is 0 Å². The zero-order chi connectivity index (χ0) is 16.9. The molecule has 1 fully saturated rings. The summed E-state index contributed by atoms with van der Waals surface area (Å²) in [6, 6.07) is 8.39. The van der Waals surface area contributed by atoms with Gasteiger partial charge in [-0.05, 0) is 86.7 Å². The summed E-state index contributed by atoms with van der Waals surface area (Å²) in [7, 11) is 0. The van der Waals surface area contributed by atoms with Crippen LogP contribution in [0.25, 0.3) is 0 Å². The predicted molar refractivity (Wildman–Crippen MR) is 102 cm³/mol. The molecule has 0 spiro atoms. The Bertz CT molecular complexity index is 469. The molecular weight excluding hydrogens is 302 g/mol. The van der Waals surface area contributed by atoms with Crippen LogP contribution < -0.4 is 0 Å². The van der Waals surface area contributed by atoms with Crippen LogP contribution in [0.15, 0.2) is 24.3 Å². The van der Waals surface area contributed by atoms with E-state index in [9.17, 15) is 0 Å². The first kappa shape index (κ1) is 18.8. The average molecular weight is 336 g/mol. The van der Waals surface area contributed by atoms with Crippen LogP contribution in [-0.4, -0.2) is 24.5 Å². The quantitative estimate of drug-likeness (QED) is 0.538. The van der Waals surface area contributed by atoms with Crippen LogP contribution in [0.5, 0.6) is 0 Å². The molecule has 0 N–H and O–H groups in total. The summed E-state index contributed by atoms with van der Waals surface area (Å²) in [6.07, 6.45) is 7.99. The highest BCUT2D eigenvalue weighted by Gasteiger charge is 2.26. The van der Waals surface area contributed by atoms with Crippen LogP contribution in [-0.2, 0) is 5.41 Å².